The van der Waals surface area contributed by atoms with Crippen LogP contribution in [-0.4, -0.2) is 52.5 Å². The zero-order chi connectivity index (χ0) is 22.1. The fraction of sp³-hybridized carbons (Fsp3) is 0.318. The van der Waals surface area contributed by atoms with Gasteiger partial charge in [0.25, 0.3) is 0 Å². The van der Waals surface area contributed by atoms with E-state index < -0.39 is 30.0 Å². The second-order valence-corrected chi connectivity index (χ2v) is 7.93. The summed E-state index contributed by atoms with van der Waals surface area (Å²) < 4.78 is 13.4. The molecule has 2 heterocycles. The molecule has 31 heavy (non-hydrogen) atoms. The molecule has 2 fully saturated rings. The third-order valence-corrected chi connectivity index (χ3v) is 5.66. The number of nitrogens with one attached hydrogen (secondary N) is 3. The van der Waals surface area contributed by atoms with Crippen LogP contribution in [0.25, 0.3) is 0 Å². The summed E-state index contributed by atoms with van der Waals surface area (Å²) in [5.41, 5.74) is 1.89. The molecular formula is C22H23FN4O4. The summed E-state index contributed by atoms with van der Waals surface area (Å²) in [6, 6.07) is 8.32. The number of benzene rings is 2. The van der Waals surface area contributed by atoms with Gasteiger partial charge in [0.15, 0.2) is 0 Å². The number of phenols is 1. The molecule has 0 spiro atoms. The number of piperazine rings is 1. The van der Waals surface area contributed by atoms with Crippen molar-refractivity contribution in [2.24, 2.45) is 0 Å². The van der Waals surface area contributed by atoms with Crippen molar-refractivity contribution < 1.29 is 23.9 Å². The standard InChI is InChI=1S/C22H23FN4O4/c1-12-2-5-14(23)9-17(12)26-22(31)24-15-10-19-20(29)25-18(21(30)27(19)11-15)8-13-3-6-16(28)7-4-13/h2-7,9,15,18-19,28H,8,10-11H2,1H3,(H,25,29)(H2,24,26,31)/t15-,18-,19-/m0/s1. The number of carbonyl (C=O) groups is 3. The van der Waals surface area contributed by atoms with Crippen LogP contribution in [0, 0.1) is 12.7 Å². The van der Waals surface area contributed by atoms with Crippen molar-refractivity contribution in [1.29, 1.82) is 0 Å². The number of hydrogen-bond acceptors (Lipinski definition) is 4. The summed E-state index contributed by atoms with van der Waals surface area (Å²) in [6.45, 7) is 1.97. The van der Waals surface area contributed by atoms with Gasteiger partial charge in [-0.2, -0.15) is 0 Å². The van der Waals surface area contributed by atoms with Gasteiger partial charge in [-0.15, -0.1) is 0 Å². The minimum absolute atomic E-state index is 0.128. The number of urea groups is 1. The molecule has 2 saturated heterocycles. The minimum Gasteiger partial charge on any atom is -0.508 e. The van der Waals surface area contributed by atoms with Gasteiger partial charge in [0.1, 0.15) is 23.7 Å². The van der Waals surface area contributed by atoms with Crippen molar-refractivity contribution in [3.8, 4) is 5.75 Å². The quantitative estimate of drug-likeness (QED) is 0.596. The Morgan fingerprint density at radius 3 is 2.71 bits per heavy atom. The first-order chi connectivity index (χ1) is 14.8. The normalized spacial score (nSPS) is 22.6. The average Bonchev–Trinajstić information content (AvgIpc) is 3.15. The van der Waals surface area contributed by atoms with Gasteiger partial charge in [0.2, 0.25) is 11.8 Å². The topological polar surface area (TPSA) is 111 Å². The number of aryl methyl sites for hydroxylation is 1. The van der Waals surface area contributed by atoms with Crippen LogP contribution in [0.2, 0.25) is 0 Å². The number of fused-ring (bicyclic) bond motifs is 1. The van der Waals surface area contributed by atoms with Crippen molar-refractivity contribution in [1.82, 2.24) is 15.5 Å². The highest BCUT2D eigenvalue weighted by Crippen LogP contribution is 2.24. The largest absolute Gasteiger partial charge is 0.508 e. The summed E-state index contributed by atoms with van der Waals surface area (Å²) >= 11 is 0. The van der Waals surface area contributed by atoms with Gasteiger partial charge in [0.05, 0.1) is 6.04 Å². The molecule has 0 unspecified atom stereocenters. The fourth-order valence-electron chi connectivity index (χ4n) is 4.04. The average molecular weight is 426 g/mol. The summed E-state index contributed by atoms with van der Waals surface area (Å²) in [5, 5.41) is 17.5. The number of nitrogens with zero attached hydrogens (tertiary/aromatic N) is 1. The van der Waals surface area contributed by atoms with E-state index in [0.717, 1.165) is 5.56 Å². The second kappa shape index (κ2) is 8.25. The van der Waals surface area contributed by atoms with Gasteiger partial charge in [-0.05, 0) is 48.7 Å². The smallest absolute Gasteiger partial charge is 0.319 e. The maximum absolute atomic E-state index is 13.4. The molecule has 2 aromatic rings. The van der Waals surface area contributed by atoms with E-state index in [1.807, 2.05) is 0 Å². The molecule has 2 aromatic carbocycles. The molecule has 2 aliphatic heterocycles. The second-order valence-electron chi connectivity index (χ2n) is 7.93. The molecule has 0 bridgehead atoms. The van der Waals surface area contributed by atoms with Gasteiger partial charge >= 0.3 is 6.03 Å². The lowest BCUT2D eigenvalue weighted by Crippen LogP contribution is -2.61. The molecule has 9 heteroatoms. The molecule has 162 valence electrons. The predicted molar refractivity (Wildman–Crippen MR) is 111 cm³/mol. The highest BCUT2D eigenvalue weighted by atomic mass is 19.1. The Kier molecular flexibility index (Phi) is 5.50. The Hall–Kier alpha value is -3.62. The minimum atomic E-state index is -0.698. The molecular weight excluding hydrogens is 403 g/mol. The number of phenolic OH excluding ortho intramolecular Hbond substituents is 1. The SMILES string of the molecule is Cc1ccc(F)cc1NC(=O)N[C@H]1C[C@H]2C(=O)N[C@@H](Cc3ccc(O)cc3)C(=O)N2C1. The lowest BCUT2D eigenvalue weighted by molar-refractivity contribution is -0.147. The fourth-order valence-corrected chi connectivity index (χ4v) is 4.04. The van der Waals surface area contributed by atoms with Gasteiger partial charge in [-0.25, -0.2) is 9.18 Å². The maximum atomic E-state index is 13.4. The first kappa shape index (κ1) is 20.6. The van der Waals surface area contributed by atoms with E-state index in [-0.39, 0.29) is 24.1 Å². The number of amides is 4. The molecule has 3 atom stereocenters. The number of halogens is 1. The first-order valence-corrected chi connectivity index (χ1v) is 10.0. The van der Waals surface area contributed by atoms with E-state index in [2.05, 4.69) is 16.0 Å². The Balaban J connectivity index is 1.38. The Labute approximate surface area is 178 Å². The van der Waals surface area contributed by atoms with Crippen molar-refractivity contribution in [2.45, 2.75) is 37.9 Å². The molecule has 4 amide bonds. The van der Waals surface area contributed by atoms with Gasteiger partial charge < -0.3 is 26.0 Å². The molecule has 0 aromatic heterocycles. The van der Waals surface area contributed by atoms with Crippen molar-refractivity contribution >= 4 is 23.5 Å². The number of anilines is 1. The highest BCUT2D eigenvalue weighted by Gasteiger charge is 2.46. The van der Waals surface area contributed by atoms with Gasteiger partial charge in [-0.1, -0.05) is 18.2 Å². The number of aromatic hydroxyl groups is 1. The van der Waals surface area contributed by atoms with Gasteiger partial charge in [-0.3, -0.25) is 9.59 Å². The molecule has 2 aliphatic rings. The van der Waals surface area contributed by atoms with Crippen molar-refractivity contribution in [3.05, 3.63) is 59.4 Å². The van der Waals surface area contributed by atoms with Crippen LogP contribution in [0.1, 0.15) is 17.5 Å². The Bertz CT molecular complexity index is 1030. The number of carbonyl (C=O) groups excluding carboxylic acids is 3. The Morgan fingerprint density at radius 1 is 1.23 bits per heavy atom. The molecule has 0 aliphatic carbocycles. The third-order valence-electron chi connectivity index (χ3n) is 5.66. The summed E-state index contributed by atoms with van der Waals surface area (Å²) in [5.74, 6) is -0.791. The van der Waals surface area contributed by atoms with E-state index in [9.17, 15) is 23.9 Å². The molecule has 4 N–H and O–H groups in total. The lowest BCUT2D eigenvalue weighted by Gasteiger charge is -2.34. The summed E-state index contributed by atoms with van der Waals surface area (Å²) in [7, 11) is 0. The van der Waals surface area contributed by atoms with Crippen molar-refractivity contribution in [2.75, 3.05) is 11.9 Å². The predicted octanol–water partition coefficient (Wildman–Crippen LogP) is 1.67. The van der Waals surface area contributed by atoms with Crippen LogP contribution in [0.5, 0.6) is 5.75 Å². The van der Waals surface area contributed by atoms with Gasteiger partial charge in [0, 0.05) is 18.7 Å². The van der Waals surface area contributed by atoms with Crippen LogP contribution < -0.4 is 16.0 Å². The zero-order valence-corrected chi connectivity index (χ0v) is 16.9. The molecule has 0 radical (unpaired) electrons. The van der Waals surface area contributed by atoms with Crippen LogP contribution in [-0.2, 0) is 16.0 Å². The third kappa shape index (κ3) is 4.45. The number of rotatable bonds is 4. The van der Waals surface area contributed by atoms with E-state index >= 15 is 0 Å². The van der Waals surface area contributed by atoms with Crippen LogP contribution in [0.15, 0.2) is 42.5 Å². The maximum Gasteiger partial charge on any atom is 0.319 e. The van der Waals surface area contributed by atoms with Crippen LogP contribution in [0.4, 0.5) is 14.9 Å². The lowest BCUT2D eigenvalue weighted by atomic mass is 10.0. The Morgan fingerprint density at radius 2 is 1.97 bits per heavy atom. The van der Waals surface area contributed by atoms with Crippen LogP contribution >= 0.6 is 0 Å². The monoisotopic (exact) mass is 426 g/mol. The summed E-state index contributed by atoms with van der Waals surface area (Å²) in [6.07, 6.45) is 0.616. The molecule has 4 rings (SSSR count). The first-order valence-electron chi connectivity index (χ1n) is 10.0. The van der Waals surface area contributed by atoms with E-state index in [0.29, 0.717) is 24.1 Å². The summed E-state index contributed by atoms with van der Waals surface area (Å²) in [4.78, 5) is 39.4. The molecule has 8 nitrogen and oxygen atoms in total. The van der Waals surface area contributed by atoms with Crippen LogP contribution in [0.3, 0.4) is 0 Å². The highest BCUT2D eigenvalue weighted by molar-refractivity contribution is 5.98. The molecule has 0 saturated carbocycles. The van der Waals surface area contributed by atoms with E-state index in [1.54, 1.807) is 25.1 Å². The zero-order valence-electron chi connectivity index (χ0n) is 16.9. The van der Waals surface area contributed by atoms with E-state index in [4.69, 9.17) is 0 Å². The van der Waals surface area contributed by atoms with E-state index in [1.165, 1.54) is 29.2 Å². The van der Waals surface area contributed by atoms with Crippen molar-refractivity contribution in [3.63, 3.8) is 0 Å². The number of hydrogen-bond donors (Lipinski definition) is 4.